The molecule has 1 atom stereocenters. The molecule has 5 rings (SSSR count). The van der Waals surface area contributed by atoms with Gasteiger partial charge in [-0.1, -0.05) is 0 Å². The van der Waals surface area contributed by atoms with Gasteiger partial charge in [-0.15, -0.1) is 0 Å². The van der Waals surface area contributed by atoms with E-state index in [9.17, 15) is 9.60 Å². The summed E-state index contributed by atoms with van der Waals surface area (Å²) in [6.45, 7) is 4.04. The Morgan fingerprint density at radius 3 is 2.91 bits per heavy atom. The molecule has 4 aliphatic heterocycles. The van der Waals surface area contributed by atoms with Crippen molar-refractivity contribution in [2.45, 2.75) is 25.4 Å². The lowest BCUT2D eigenvalue weighted by atomic mass is 9.75. The van der Waals surface area contributed by atoms with Gasteiger partial charge >= 0.3 is 0 Å². The van der Waals surface area contributed by atoms with Gasteiger partial charge in [0.2, 0.25) is 0 Å². The number of nitrogens with one attached hydrogen (secondary N) is 1. The molecule has 22 heavy (non-hydrogen) atoms. The summed E-state index contributed by atoms with van der Waals surface area (Å²) in [5.74, 6) is 0.0301. The molecule has 1 aromatic rings. The van der Waals surface area contributed by atoms with E-state index in [0.29, 0.717) is 32.1 Å². The molecule has 5 heterocycles. The molecule has 0 unspecified atom stereocenters. The van der Waals surface area contributed by atoms with Gasteiger partial charge in [-0.05, 0) is 18.6 Å². The van der Waals surface area contributed by atoms with Crippen LogP contribution in [0.2, 0.25) is 0 Å². The fourth-order valence-corrected chi connectivity index (χ4v) is 3.89. The number of ether oxygens (including phenoxy) is 1. The van der Waals surface area contributed by atoms with Gasteiger partial charge in [0.25, 0.3) is 6.02 Å². The summed E-state index contributed by atoms with van der Waals surface area (Å²) < 4.78 is 19.7. The molecule has 0 radical (unpaired) electrons. The van der Waals surface area contributed by atoms with Crippen LogP contribution in [0.4, 0.5) is 10.2 Å². The first-order chi connectivity index (χ1) is 10.5. The topological polar surface area (TPSA) is 69.6 Å². The van der Waals surface area contributed by atoms with E-state index < -0.39 is 11.4 Å². The number of piperidine rings is 3. The van der Waals surface area contributed by atoms with Crippen LogP contribution in [-0.4, -0.2) is 47.4 Å². The van der Waals surface area contributed by atoms with Gasteiger partial charge in [0.05, 0.1) is 19.6 Å². The smallest absolute Gasteiger partial charge is 0.291 e. The summed E-state index contributed by atoms with van der Waals surface area (Å²) in [6, 6.07) is 1.68. The molecular formula is C15H19FN4O2. The number of pyridine rings is 1. The molecule has 4 aliphatic rings. The van der Waals surface area contributed by atoms with E-state index in [4.69, 9.17) is 4.74 Å². The fourth-order valence-electron chi connectivity index (χ4n) is 3.89. The summed E-state index contributed by atoms with van der Waals surface area (Å²) in [7, 11) is 0. The summed E-state index contributed by atoms with van der Waals surface area (Å²) >= 11 is 0. The number of hydroxylamine groups is 3. The number of hydrogen-bond donors (Lipinski definition) is 1. The standard InChI is InChI=1S/C15H19FN4O2/c1-10-6-12(16)13(17-7-10)19-14-18-8-15(22-14)9-20(21)4-2-11(15)3-5-20/h6-7,11H,2-5,8-9H2,1H3,(H,17,18,19)/t11?,15-,20?/m0/s1. The van der Waals surface area contributed by atoms with E-state index in [1.165, 1.54) is 6.07 Å². The van der Waals surface area contributed by atoms with Crippen molar-refractivity contribution in [3.63, 3.8) is 0 Å². The first-order valence-corrected chi connectivity index (χ1v) is 7.68. The van der Waals surface area contributed by atoms with Crippen LogP contribution < -0.4 is 5.32 Å². The molecule has 6 nitrogen and oxygen atoms in total. The normalized spacial score (nSPS) is 36.3. The Morgan fingerprint density at radius 2 is 2.23 bits per heavy atom. The van der Waals surface area contributed by atoms with Crippen LogP contribution in [0.15, 0.2) is 17.3 Å². The highest BCUT2D eigenvalue weighted by Gasteiger charge is 2.56. The number of quaternary nitrogens is 1. The molecule has 0 saturated carbocycles. The lowest BCUT2D eigenvalue weighted by molar-refractivity contribution is -0.905. The minimum Gasteiger partial charge on any atom is -0.633 e. The van der Waals surface area contributed by atoms with Crippen LogP contribution in [-0.2, 0) is 4.74 Å². The molecule has 0 aliphatic carbocycles. The van der Waals surface area contributed by atoms with Crippen molar-refractivity contribution in [3.8, 4) is 0 Å². The Morgan fingerprint density at radius 1 is 1.45 bits per heavy atom. The molecule has 1 N–H and O–H groups in total. The zero-order valence-corrected chi connectivity index (χ0v) is 12.5. The molecule has 1 aromatic heterocycles. The lowest BCUT2D eigenvalue weighted by Gasteiger charge is -2.58. The minimum absolute atomic E-state index is 0.105. The van der Waals surface area contributed by atoms with Crippen molar-refractivity contribution in [2.24, 2.45) is 10.9 Å². The number of amidine groups is 1. The number of nitrogens with zero attached hydrogens (tertiary/aromatic N) is 3. The van der Waals surface area contributed by atoms with Crippen molar-refractivity contribution in [1.29, 1.82) is 0 Å². The molecule has 7 heteroatoms. The second-order valence-electron chi connectivity index (χ2n) is 6.69. The van der Waals surface area contributed by atoms with Gasteiger partial charge in [-0.3, -0.25) is 5.32 Å². The van der Waals surface area contributed by atoms with Crippen molar-refractivity contribution in [1.82, 2.24) is 4.98 Å². The Hall–Kier alpha value is -1.73. The number of hydrogen-bond acceptors (Lipinski definition) is 5. The molecule has 118 valence electrons. The maximum Gasteiger partial charge on any atom is 0.291 e. The molecule has 2 bridgehead atoms. The number of aryl methyl sites for hydroxylation is 1. The quantitative estimate of drug-likeness (QED) is 0.634. The molecule has 3 fully saturated rings. The fraction of sp³-hybridized carbons (Fsp3) is 0.600. The molecule has 0 aromatic carbocycles. The zero-order valence-electron chi connectivity index (χ0n) is 12.5. The van der Waals surface area contributed by atoms with E-state index in [-0.39, 0.29) is 16.5 Å². The van der Waals surface area contributed by atoms with Gasteiger partial charge in [0.1, 0.15) is 6.54 Å². The van der Waals surface area contributed by atoms with Crippen LogP contribution in [0.3, 0.4) is 0 Å². The molecule has 1 spiro atoms. The Labute approximate surface area is 128 Å². The second-order valence-corrected chi connectivity index (χ2v) is 6.69. The predicted octanol–water partition coefficient (Wildman–Crippen LogP) is 1.80. The van der Waals surface area contributed by atoms with Gasteiger partial charge in [0.15, 0.2) is 17.2 Å². The van der Waals surface area contributed by atoms with Crippen molar-refractivity contribution in [3.05, 3.63) is 28.9 Å². The number of halogens is 1. The van der Waals surface area contributed by atoms with E-state index >= 15 is 0 Å². The number of fused-ring (bicyclic) bond motifs is 2. The monoisotopic (exact) mass is 306 g/mol. The SMILES string of the molecule is Cc1cnc(NC2=NC[C@@]3(C[N+]4([O-])CCC3CC4)O2)c(F)c1. The van der Waals surface area contributed by atoms with Gasteiger partial charge in [-0.25, -0.2) is 14.4 Å². The first-order valence-electron chi connectivity index (χ1n) is 7.68. The summed E-state index contributed by atoms with van der Waals surface area (Å²) in [5, 5.41) is 15.4. The average Bonchev–Trinajstić information content (AvgIpc) is 2.85. The predicted molar refractivity (Wildman–Crippen MR) is 79.6 cm³/mol. The lowest BCUT2D eigenvalue weighted by Crippen LogP contribution is -2.67. The second kappa shape index (κ2) is 4.63. The number of rotatable bonds is 1. The molecule has 3 saturated heterocycles. The summed E-state index contributed by atoms with van der Waals surface area (Å²) in [4.78, 5) is 8.37. The summed E-state index contributed by atoms with van der Waals surface area (Å²) in [5.41, 5.74) is 0.242. The maximum absolute atomic E-state index is 13.9. The third-order valence-corrected chi connectivity index (χ3v) is 5.06. The van der Waals surface area contributed by atoms with Crippen LogP contribution in [0.25, 0.3) is 0 Å². The van der Waals surface area contributed by atoms with Crippen LogP contribution >= 0.6 is 0 Å². The van der Waals surface area contributed by atoms with Crippen molar-refractivity contribution >= 4 is 11.8 Å². The number of anilines is 1. The van der Waals surface area contributed by atoms with Crippen LogP contribution in [0, 0.1) is 23.9 Å². The highest BCUT2D eigenvalue weighted by atomic mass is 19.1. The third kappa shape index (κ3) is 2.16. The van der Waals surface area contributed by atoms with Gasteiger partial charge < -0.3 is 14.6 Å². The van der Waals surface area contributed by atoms with Crippen LogP contribution in [0.1, 0.15) is 18.4 Å². The Bertz CT molecular complexity index is 642. The molecule has 0 amide bonds. The van der Waals surface area contributed by atoms with E-state index in [0.717, 1.165) is 18.4 Å². The number of aliphatic imine (C=N–C) groups is 1. The Kier molecular flexibility index (Phi) is 2.93. The van der Waals surface area contributed by atoms with E-state index in [1.807, 2.05) is 0 Å². The van der Waals surface area contributed by atoms with Crippen LogP contribution in [0.5, 0.6) is 0 Å². The minimum atomic E-state index is -0.512. The average molecular weight is 306 g/mol. The Balaban J connectivity index is 1.50. The van der Waals surface area contributed by atoms with E-state index in [1.54, 1.807) is 13.1 Å². The highest BCUT2D eigenvalue weighted by molar-refractivity contribution is 5.89. The zero-order chi connectivity index (χ0) is 15.4. The number of aromatic nitrogens is 1. The maximum atomic E-state index is 13.9. The van der Waals surface area contributed by atoms with Gasteiger partial charge in [0, 0.05) is 25.0 Å². The van der Waals surface area contributed by atoms with E-state index in [2.05, 4.69) is 15.3 Å². The van der Waals surface area contributed by atoms with Crippen molar-refractivity contribution in [2.75, 3.05) is 31.5 Å². The van der Waals surface area contributed by atoms with Gasteiger partial charge in [-0.2, -0.15) is 0 Å². The highest BCUT2D eigenvalue weighted by Crippen LogP contribution is 2.44. The molecular weight excluding hydrogens is 287 g/mol. The summed E-state index contributed by atoms with van der Waals surface area (Å²) in [6.07, 6.45) is 3.34. The van der Waals surface area contributed by atoms with Crippen molar-refractivity contribution < 1.29 is 13.8 Å². The third-order valence-electron chi connectivity index (χ3n) is 5.06. The largest absolute Gasteiger partial charge is 0.633 e. The first kappa shape index (κ1) is 13.9.